The van der Waals surface area contributed by atoms with Crippen molar-refractivity contribution < 1.29 is 13.9 Å². The smallest absolute Gasteiger partial charge is 0.292 e. The summed E-state index contributed by atoms with van der Waals surface area (Å²) in [5.41, 5.74) is -0.306. The van der Waals surface area contributed by atoms with Crippen molar-refractivity contribution in [3.63, 3.8) is 0 Å². The number of halogens is 1. The number of carbonyl (C=O) groups excluding carboxylic acids is 1. The van der Waals surface area contributed by atoms with Gasteiger partial charge in [0.2, 0.25) is 5.90 Å². The van der Waals surface area contributed by atoms with E-state index < -0.39 is 5.60 Å². The molecule has 0 bridgehead atoms. The zero-order valence-electron chi connectivity index (χ0n) is 8.45. The van der Waals surface area contributed by atoms with E-state index in [4.69, 9.17) is 4.74 Å². The van der Waals surface area contributed by atoms with Gasteiger partial charge in [-0.3, -0.25) is 4.79 Å². The van der Waals surface area contributed by atoms with Crippen molar-refractivity contribution in [2.24, 2.45) is 4.99 Å². The Hall–Kier alpha value is -1.71. The Kier molecular flexibility index (Phi) is 2.07. The van der Waals surface area contributed by atoms with Gasteiger partial charge in [-0.1, -0.05) is 0 Å². The normalized spacial score (nSPS) is 18.6. The number of hydrogen-bond donors (Lipinski definition) is 0. The standard InChI is InChI=1S/C11H10FNO2/c1-11(2)10(14)13-9(15-11)7-3-5-8(12)6-4-7/h3-6H,1-2H3. The highest BCUT2D eigenvalue weighted by Crippen LogP contribution is 2.22. The predicted octanol–water partition coefficient (Wildman–Crippen LogP) is 1.91. The van der Waals surface area contributed by atoms with Crippen molar-refractivity contribution in [2.45, 2.75) is 19.4 Å². The molecule has 0 aromatic heterocycles. The second kappa shape index (κ2) is 3.15. The molecule has 1 heterocycles. The zero-order valence-corrected chi connectivity index (χ0v) is 8.45. The second-order valence-electron chi connectivity index (χ2n) is 3.84. The van der Waals surface area contributed by atoms with Crippen molar-refractivity contribution in [3.05, 3.63) is 35.6 Å². The van der Waals surface area contributed by atoms with Crippen LogP contribution >= 0.6 is 0 Å². The summed E-state index contributed by atoms with van der Waals surface area (Å²) < 4.78 is 18.0. The fraction of sp³-hybridized carbons (Fsp3) is 0.273. The quantitative estimate of drug-likeness (QED) is 0.705. The highest BCUT2D eigenvalue weighted by Gasteiger charge is 2.37. The van der Waals surface area contributed by atoms with E-state index in [9.17, 15) is 9.18 Å². The van der Waals surface area contributed by atoms with Crippen LogP contribution in [0.15, 0.2) is 29.3 Å². The monoisotopic (exact) mass is 207 g/mol. The minimum absolute atomic E-state index is 0.255. The summed E-state index contributed by atoms with van der Waals surface area (Å²) in [4.78, 5) is 15.1. The van der Waals surface area contributed by atoms with Crippen LogP contribution in [0.5, 0.6) is 0 Å². The summed E-state index contributed by atoms with van der Waals surface area (Å²) in [6, 6.07) is 5.67. The van der Waals surface area contributed by atoms with Gasteiger partial charge in [-0.25, -0.2) is 4.39 Å². The van der Waals surface area contributed by atoms with Gasteiger partial charge < -0.3 is 4.74 Å². The molecule has 0 radical (unpaired) electrons. The summed E-state index contributed by atoms with van der Waals surface area (Å²) in [7, 11) is 0. The number of benzene rings is 1. The topological polar surface area (TPSA) is 38.7 Å². The predicted molar refractivity (Wildman–Crippen MR) is 53.1 cm³/mol. The van der Waals surface area contributed by atoms with Crippen LogP contribution in [0.3, 0.4) is 0 Å². The lowest BCUT2D eigenvalue weighted by Gasteiger charge is -2.15. The van der Waals surface area contributed by atoms with Crippen molar-refractivity contribution in [1.29, 1.82) is 0 Å². The van der Waals surface area contributed by atoms with Crippen LogP contribution in [0, 0.1) is 5.82 Å². The van der Waals surface area contributed by atoms with E-state index in [2.05, 4.69) is 4.99 Å². The van der Waals surface area contributed by atoms with Crippen molar-refractivity contribution >= 4 is 11.8 Å². The molecule has 4 heteroatoms. The van der Waals surface area contributed by atoms with Crippen LogP contribution in [0.2, 0.25) is 0 Å². The Balaban J connectivity index is 2.31. The van der Waals surface area contributed by atoms with Crippen LogP contribution in [0.4, 0.5) is 4.39 Å². The number of amides is 1. The molecule has 1 aromatic carbocycles. The molecule has 15 heavy (non-hydrogen) atoms. The number of hydrogen-bond acceptors (Lipinski definition) is 2. The van der Waals surface area contributed by atoms with E-state index in [0.29, 0.717) is 5.56 Å². The van der Waals surface area contributed by atoms with Gasteiger partial charge >= 0.3 is 0 Å². The van der Waals surface area contributed by atoms with Gasteiger partial charge in [-0.2, -0.15) is 4.99 Å². The number of aliphatic imine (C=N–C) groups is 1. The Morgan fingerprint density at radius 2 is 1.87 bits per heavy atom. The molecular weight excluding hydrogens is 197 g/mol. The van der Waals surface area contributed by atoms with E-state index in [-0.39, 0.29) is 17.6 Å². The first kappa shape index (κ1) is 9.83. The van der Waals surface area contributed by atoms with Crippen LogP contribution in [-0.2, 0) is 9.53 Å². The first-order valence-corrected chi connectivity index (χ1v) is 4.57. The minimum atomic E-state index is -0.913. The molecule has 0 saturated heterocycles. The Morgan fingerprint density at radius 3 is 2.33 bits per heavy atom. The molecule has 1 amide bonds. The number of ether oxygens (including phenoxy) is 1. The molecule has 0 saturated carbocycles. The van der Waals surface area contributed by atoms with E-state index in [1.54, 1.807) is 13.8 Å². The Morgan fingerprint density at radius 1 is 1.27 bits per heavy atom. The number of nitrogens with zero attached hydrogens (tertiary/aromatic N) is 1. The van der Waals surface area contributed by atoms with E-state index >= 15 is 0 Å². The first-order chi connectivity index (χ1) is 6.99. The molecule has 0 fully saturated rings. The van der Waals surface area contributed by atoms with Gasteiger partial charge in [0.25, 0.3) is 5.91 Å². The molecule has 1 aromatic rings. The third kappa shape index (κ3) is 1.75. The molecule has 0 atom stereocenters. The van der Waals surface area contributed by atoms with Gasteiger partial charge in [-0.05, 0) is 38.1 Å². The van der Waals surface area contributed by atoms with Crippen LogP contribution in [-0.4, -0.2) is 17.4 Å². The highest BCUT2D eigenvalue weighted by atomic mass is 19.1. The molecule has 2 rings (SSSR count). The summed E-state index contributed by atoms with van der Waals surface area (Å²) >= 11 is 0. The van der Waals surface area contributed by atoms with Gasteiger partial charge in [0, 0.05) is 5.56 Å². The maximum atomic E-state index is 12.7. The van der Waals surface area contributed by atoms with E-state index in [1.807, 2.05) is 0 Å². The lowest BCUT2D eigenvalue weighted by molar-refractivity contribution is -0.128. The van der Waals surface area contributed by atoms with Gasteiger partial charge in [-0.15, -0.1) is 0 Å². The summed E-state index contributed by atoms with van der Waals surface area (Å²) in [5, 5.41) is 0. The Bertz CT molecular complexity index is 434. The number of rotatable bonds is 1. The maximum absolute atomic E-state index is 12.7. The van der Waals surface area contributed by atoms with Crippen molar-refractivity contribution in [3.8, 4) is 0 Å². The minimum Gasteiger partial charge on any atom is -0.461 e. The van der Waals surface area contributed by atoms with Gasteiger partial charge in [0.1, 0.15) is 5.82 Å². The molecule has 0 unspecified atom stereocenters. The molecule has 0 aliphatic carbocycles. The molecule has 1 aliphatic heterocycles. The average molecular weight is 207 g/mol. The molecule has 1 aliphatic rings. The molecule has 0 N–H and O–H groups in total. The molecule has 78 valence electrons. The summed E-state index contributed by atoms with van der Waals surface area (Å²) in [6.45, 7) is 3.30. The summed E-state index contributed by atoms with van der Waals surface area (Å²) in [6.07, 6.45) is 0. The fourth-order valence-corrected chi connectivity index (χ4v) is 1.25. The van der Waals surface area contributed by atoms with Gasteiger partial charge in [0.15, 0.2) is 5.60 Å². The third-order valence-electron chi connectivity index (χ3n) is 2.16. The number of carbonyl (C=O) groups is 1. The average Bonchev–Trinajstić information content (AvgIpc) is 2.42. The van der Waals surface area contributed by atoms with Crippen molar-refractivity contribution in [2.75, 3.05) is 0 Å². The second-order valence-corrected chi connectivity index (χ2v) is 3.84. The van der Waals surface area contributed by atoms with Crippen LogP contribution < -0.4 is 0 Å². The lowest BCUT2D eigenvalue weighted by Crippen LogP contribution is -2.29. The zero-order chi connectivity index (χ0) is 11.1. The maximum Gasteiger partial charge on any atom is 0.292 e. The van der Waals surface area contributed by atoms with Gasteiger partial charge in [0.05, 0.1) is 0 Å². The van der Waals surface area contributed by atoms with Crippen LogP contribution in [0.1, 0.15) is 19.4 Å². The highest BCUT2D eigenvalue weighted by molar-refractivity contribution is 6.08. The third-order valence-corrected chi connectivity index (χ3v) is 2.16. The molecular formula is C11H10FNO2. The Labute approximate surface area is 86.6 Å². The SMILES string of the molecule is CC1(C)OC(c2ccc(F)cc2)=NC1=O. The van der Waals surface area contributed by atoms with E-state index in [0.717, 1.165) is 0 Å². The first-order valence-electron chi connectivity index (χ1n) is 4.57. The van der Waals surface area contributed by atoms with Crippen LogP contribution in [0.25, 0.3) is 0 Å². The lowest BCUT2D eigenvalue weighted by atomic mass is 10.1. The molecule has 3 nitrogen and oxygen atoms in total. The molecule has 0 spiro atoms. The summed E-state index contributed by atoms with van der Waals surface area (Å²) in [5.74, 6) is -0.394. The van der Waals surface area contributed by atoms with Crippen molar-refractivity contribution in [1.82, 2.24) is 0 Å². The fourth-order valence-electron chi connectivity index (χ4n) is 1.25. The van der Waals surface area contributed by atoms with E-state index in [1.165, 1.54) is 24.3 Å². The largest absolute Gasteiger partial charge is 0.461 e.